The number of aliphatic carboxylic acids is 1. The van der Waals surface area contributed by atoms with Crippen LogP contribution in [0.1, 0.15) is 6.42 Å². The summed E-state index contributed by atoms with van der Waals surface area (Å²) in [5, 5.41) is 55.0. The molecule has 8 heteroatoms. The van der Waals surface area contributed by atoms with Gasteiger partial charge in [-0.05, 0) is 0 Å². The van der Waals surface area contributed by atoms with Gasteiger partial charge in [0.05, 0.1) is 6.61 Å². The molecule has 0 aromatic carbocycles. The Morgan fingerprint density at radius 1 is 1.25 bits per heavy atom. The second kappa shape index (κ2) is 4.62. The van der Waals surface area contributed by atoms with E-state index in [1.165, 1.54) is 0 Å². The topological polar surface area (TPSA) is 148 Å². The van der Waals surface area contributed by atoms with Crippen LogP contribution in [0.5, 0.6) is 0 Å². The first-order valence-corrected chi connectivity index (χ1v) is 4.59. The van der Waals surface area contributed by atoms with Crippen molar-refractivity contribution in [2.45, 2.75) is 36.6 Å². The molecule has 6 N–H and O–H groups in total. The third-order valence-electron chi connectivity index (χ3n) is 2.46. The smallest absolute Gasteiger partial charge is 0.308 e. The molecule has 1 heterocycles. The molecular weight excluding hydrogens is 224 g/mol. The van der Waals surface area contributed by atoms with Gasteiger partial charge in [0.15, 0.2) is 0 Å². The summed E-state index contributed by atoms with van der Waals surface area (Å²) in [4.78, 5) is 10.4. The van der Waals surface area contributed by atoms with Crippen LogP contribution in [0.25, 0.3) is 0 Å². The highest BCUT2D eigenvalue weighted by atomic mass is 16.7. The normalized spacial score (nSPS) is 44.3. The molecule has 0 spiro atoms. The molecule has 0 aliphatic carbocycles. The summed E-state index contributed by atoms with van der Waals surface area (Å²) in [6.45, 7) is -0.729. The van der Waals surface area contributed by atoms with Crippen molar-refractivity contribution in [3.8, 4) is 0 Å². The Balaban J connectivity index is 2.89. The first-order valence-electron chi connectivity index (χ1n) is 4.59. The lowest BCUT2D eigenvalue weighted by atomic mass is 9.91. The summed E-state index contributed by atoms with van der Waals surface area (Å²) >= 11 is 0. The molecule has 1 unspecified atom stereocenters. The lowest BCUT2D eigenvalue weighted by Crippen LogP contribution is -2.65. The quantitative estimate of drug-likeness (QED) is 0.298. The first kappa shape index (κ1) is 13.3. The SMILES string of the molecule is O=C(O)CC1(O)O[C@H](CO)[C@@H](O)[C@H](O)[C@@H]1O. The fraction of sp³-hybridized carbons (Fsp3) is 0.875. The maximum atomic E-state index is 10.4. The van der Waals surface area contributed by atoms with Crippen LogP contribution in [0.2, 0.25) is 0 Å². The number of aliphatic hydroxyl groups excluding tert-OH is 4. The predicted molar refractivity (Wildman–Crippen MR) is 47.2 cm³/mol. The van der Waals surface area contributed by atoms with Gasteiger partial charge >= 0.3 is 5.97 Å². The van der Waals surface area contributed by atoms with Gasteiger partial charge in [-0.25, -0.2) is 0 Å². The van der Waals surface area contributed by atoms with Gasteiger partial charge in [-0.3, -0.25) is 4.79 Å². The van der Waals surface area contributed by atoms with Gasteiger partial charge in [0.2, 0.25) is 5.79 Å². The number of carbonyl (C=O) groups is 1. The number of carboxylic acids is 1. The van der Waals surface area contributed by atoms with Crippen LogP contribution in [-0.2, 0) is 9.53 Å². The van der Waals surface area contributed by atoms with Crippen LogP contribution < -0.4 is 0 Å². The summed E-state index contributed by atoms with van der Waals surface area (Å²) in [6, 6.07) is 0. The van der Waals surface area contributed by atoms with Gasteiger partial charge in [-0.15, -0.1) is 0 Å². The van der Waals surface area contributed by atoms with E-state index in [9.17, 15) is 25.2 Å². The van der Waals surface area contributed by atoms with Crippen LogP contribution in [-0.4, -0.2) is 73.4 Å². The summed E-state index contributed by atoms with van der Waals surface area (Å²) in [7, 11) is 0. The van der Waals surface area contributed by atoms with Crippen molar-refractivity contribution in [1.82, 2.24) is 0 Å². The number of ether oxygens (including phenoxy) is 1. The highest BCUT2D eigenvalue weighted by molar-refractivity contribution is 5.68. The number of carboxylic acid groups (broad SMARTS) is 1. The summed E-state index contributed by atoms with van der Waals surface area (Å²) in [6.07, 6.45) is -7.71. The van der Waals surface area contributed by atoms with Gasteiger partial charge in [0, 0.05) is 0 Å². The highest BCUT2D eigenvalue weighted by Gasteiger charge is 2.53. The first-order chi connectivity index (χ1) is 7.31. The molecule has 5 atom stereocenters. The van der Waals surface area contributed by atoms with Crippen molar-refractivity contribution in [2.75, 3.05) is 6.61 Å². The fourth-order valence-electron chi connectivity index (χ4n) is 1.58. The molecule has 0 aromatic heterocycles. The monoisotopic (exact) mass is 238 g/mol. The van der Waals surface area contributed by atoms with Gasteiger partial charge < -0.3 is 35.4 Å². The molecule has 94 valence electrons. The van der Waals surface area contributed by atoms with E-state index in [4.69, 9.17) is 14.9 Å². The van der Waals surface area contributed by atoms with E-state index in [-0.39, 0.29) is 0 Å². The minimum absolute atomic E-state index is 0.729. The molecule has 1 aliphatic heterocycles. The Morgan fingerprint density at radius 2 is 1.81 bits per heavy atom. The van der Waals surface area contributed by atoms with Crippen LogP contribution in [0, 0.1) is 0 Å². The van der Waals surface area contributed by atoms with E-state index in [2.05, 4.69) is 0 Å². The Bertz CT molecular complexity index is 267. The maximum absolute atomic E-state index is 10.4. The summed E-state index contributed by atoms with van der Waals surface area (Å²) in [5.41, 5.74) is 0. The molecule has 0 aromatic rings. The van der Waals surface area contributed by atoms with E-state index in [1.54, 1.807) is 0 Å². The lowest BCUT2D eigenvalue weighted by molar-refractivity contribution is -0.349. The van der Waals surface area contributed by atoms with Crippen molar-refractivity contribution in [2.24, 2.45) is 0 Å². The average Bonchev–Trinajstić information content (AvgIpc) is 2.20. The van der Waals surface area contributed by atoms with Crippen molar-refractivity contribution in [3.05, 3.63) is 0 Å². The highest BCUT2D eigenvalue weighted by Crippen LogP contribution is 2.30. The Morgan fingerprint density at radius 3 is 2.25 bits per heavy atom. The Hall–Kier alpha value is -0.770. The zero-order valence-electron chi connectivity index (χ0n) is 8.22. The van der Waals surface area contributed by atoms with Gasteiger partial charge in [-0.1, -0.05) is 0 Å². The minimum atomic E-state index is -2.53. The van der Waals surface area contributed by atoms with Crippen molar-refractivity contribution in [3.63, 3.8) is 0 Å². The van der Waals surface area contributed by atoms with E-state index >= 15 is 0 Å². The van der Waals surface area contributed by atoms with Crippen LogP contribution in [0.15, 0.2) is 0 Å². The predicted octanol–water partition coefficient (Wildman–Crippen LogP) is -3.38. The second-order valence-corrected chi connectivity index (χ2v) is 3.68. The molecular formula is C8H14O8. The number of aliphatic hydroxyl groups is 5. The molecule has 8 nitrogen and oxygen atoms in total. The van der Waals surface area contributed by atoms with Crippen molar-refractivity contribution >= 4 is 5.97 Å². The molecule has 1 aliphatic rings. The standard InChI is InChI=1S/C8H14O8/c9-2-3-5(12)6(13)7(14)8(15,16-3)1-4(10)11/h3,5-7,9,12-15H,1-2H2,(H,10,11)/t3-,5-,6+,7+,8?/m1/s1. The molecule has 1 fully saturated rings. The third kappa shape index (κ3) is 2.32. The Labute approximate surface area is 90.3 Å². The number of hydrogen-bond acceptors (Lipinski definition) is 7. The zero-order chi connectivity index (χ0) is 12.5. The van der Waals surface area contributed by atoms with Gasteiger partial charge in [0.25, 0.3) is 0 Å². The van der Waals surface area contributed by atoms with Crippen LogP contribution in [0.4, 0.5) is 0 Å². The number of rotatable bonds is 3. The van der Waals surface area contributed by atoms with E-state index in [0.29, 0.717) is 0 Å². The minimum Gasteiger partial charge on any atom is -0.481 e. The summed E-state index contributed by atoms with van der Waals surface area (Å²) < 4.78 is 4.69. The van der Waals surface area contributed by atoms with Gasteiger partial charge in [0.1, 0.15) is 30.8 Å². The van der Waals surface area contributed by atoms with Crippen molar-refractivity contribution < 1.29 is 40.2 Å². The molecule has 0 saturated carbocycles. The van der Waals surface area contributed by atoms with Crippen molar-refractivity contribution in [1.29, 1.82) is 0 Å². The van der Waals surface area contributed by atoms with E-state index in [0.717, 1.165) is 0 Å². The van der Waals surface area contributed by atoms with Gasteiger partial charge in [-0.2, -0.15) is 0 Å². The fourth-order valence-corrected chi connectivity index (χ4v) is 1.58. The molecule has 0 amide bonds. The van der Waals surface area contributed by atoms with E-state index < -0.39 is 49.2 Å². The molecule has 1 saturated heterocycles. The molecule has 0 radical (unpaired) electrons. The maximum Gasteiger partial charge on any atom is 0.308 e. The van der Waals surface area contributed by atoms with Crippen LogP contribution >= 0.6 is 0 Å². The largest absolute Gasteiger partial charge is 0.481 e. The average molecular weight is 238 g/mol. The summed E-state index contributed by atoms with van der Waals surface area (Å²) in [5.74, 6) is -3.99. The van der Waals surface area contributed by atoms with Crippen LogP contribution in [0.3, 0.4) is 0 Å². The second-order valence-electron chi connectivity index (χ2n) is 3.68. The lowest BCUT2D eigenvalue weighted by Gasteiger charge is -2.44. The van der Waals surface area contributed by atoms with E-state index in [1.807, 2.05) is 0 Å². The molecule has 16 heavy (non-hydrogen) atoms. The Kier molecular flexibility index (Phi) is 3.84. The third-order valence-corrected chi connectivity index (χ3v) is 2.46. The zero-order valence-corrected chi connectivity index (χ0v) is 8.22. The molecule has 1 rings (SSSR count). The number of hydrogen-bond donors (Lipinski definition) is 6. The molecule has 0 bridgehead atoms.